The molecule has 1 aliphatic rings. The lowest BCUT2D eigenvalue weighted by Crippen LogP contribution is -2.27. The Labute approximate surface area is 99.6 Å². The van der Waals surface area contributed by atoms with Crippen LogP contribution < -0.4 is 4.90 Å². The van der Waals surface area contributed by atoms with Crippen LogP contribution in [0.1, 0.15) is 12.0 Å². The number of aliphatic hydroxyl groups excluding tert-OH is 1. The zero-order chi connectivity index (χ0) is 13.5. The number of carbonyl (C=O) groups excluding carboxylic acids is 1. The number of alkyl halides is 3. The second kappa shape index (κ2) is 4.24. The van der Waals surface area contributed by atoms with Crippen molar-refractivity contribution >= 4 is 11.6 Å². The van der Waals surface area contributed by atoms with Gasteiger partial charge in [-0.15, -0.1) is 0 Å². The Morgan fingerprint density at radius 2 is 2.00 bits per heavy atom. The predicted molar refractivity (Wildman–Crippen MR) is 54.4 cm³/mol. The summed E-state index contributed by atoms with van der Waals surface area (Å²) in [7, 11) is 0. The molecule has 2 rings (SSSR count). The first kappa shape index (κ1) is 12.8. The van der Waals surface area contributed by atoms with Crippen LogP contribution in [0.25, 0.3) is 0 Å². The molecule has 3 nitrogen and oxygen atoms in total. The second-order valence-electron chi connectivity index (χ2n) is 4.00. The zero-order valence-corrected chi connectivity index (χ0v) is 9.04. The summed E-state index contributed by atoms with van der Waals surface area (Å²) in [5, 5.41) is 9.24. The molecule has 1 aromatic carbocycles. The van der Waals surface area contributed by atoms with Crippen LogP contribution >= 0.6 is 0 Å². The van der Waals surface area contributed by atoms with E-state index in [1.54, 1.807) is 0 Å². The highest BCUT2D eigenvalue weighted by molar-refractivity contribution is 5.96. The molecule has 0 saturated carbocycles. The number of benzene rings is 1. The number of amides is 1. The lowest BCUT2D eigenvalue weighted by Gasteiger charge is -2.19. The summed E-state index contributed by atoms with van der Waals surface area (Å²) >= 11 is 0. The third-order valence-corrected chi connectivity index (χ3v) is 2.68. The summed E-state index contributed by atoms with van der Waals surface area (Å²) in [6, 6.07) is 2.72. The molecule has 0 bridgehead atoms. The van der Waals surface area contributed by atoms with Crippen molar-refractivity contribution in [3.8, 4) is 0 Å². The number of rotatable bonds is 1. The van der Waals surface area contributed by atoms with E-state index < -0.39 is 35.3 Å². The quantitative estimate of drug-likeness (QED) is 0.787. The SMILES string of the molecule is O=C1CC(O)CN1c1cccc(C(F)(F)F)c1F. The lowest BCUT2D eigenvalue weighted by atomic mass is 10.1. The number of halogens is 4. The maximum Gasteiger partial charge on any atom is 0.419 e. The standard InChI is InChI=1S/C11H9F4NO2/c12-10-7(11(13,14)15)2-1-3-8(10)16-5-6(17)4-9(16)18/h1-3,6,17H,4-5H2. The van der Waals surface area contributed by atoms with Gasteiger partial charge in [-0.25, -0.2) is 4.39 Å². The third-order valence-electron chi connectivity index (χ3n) is 2.68. The Morgan fingerprint density at radius 1 is 1.33 bits per heavy atom. The molecule has 1 amide bonds. The summed E-state index contributed by atoms with van der Waals surface area (Å²) in [5.41, 5.74) is -1.87. The summed E-state index contributed by atoms with van der Waals surface area (Å²) in [5.74, 6) is -2.09. The Hall–Kier alpha value is -1.63. The number of hydrogen-bond acceptors (Lipinski definition) is 2. The molecule has 0 radical (unpaired) electrons. The van der Waals surface area contributed by atoms with Gasteiger partial charge in [0.2, 0.25) is 5.91 Å². The van der Waals surface area contributed by atoms with Crippen molar-refractivity contribution in [3.63, 3.8) is 0 Å². The van der Waals surface area contributed by atoms with Gasteiger partial charge < -0.3 is 10.0 Å². The van der Waals surface area contributed by atoms with E-state index in [0.717, 1.165) is 17.0 Å². The van der Waals surface area contributed by atoms with E-state index in [0.29, 0.717) is 6.07 Å². The molecule has 1 aromatic rings. The average molecular weight is 263 g/mol. The Balaban J connectivity index is 2.44. The highest BCUT2D eigenvalue weighted by Crippen LogP contribution is 2.36. The number of β-amino-alcohol motifs (C(OH)–C–C–N with tert-alkyl or cyclic N) is 1. The summed E-state index contributed by atoms with van der Waals surface area (Å²) in [4.78, 5) is 12.2. The van der Waals surface area contributed by atoms with Crippen molar-refractivity contribution in [2.45, 2.75) is 18.7 Å². The van der Waals surface area contributed by atoms with Crippen LogP contribution in [0.3, 0.4) is 0 Å². The summed E-state index contributed by atoms with van der Waals surface area (Å²) in [6.07, 6.45) is -6.01. The highest BCUT2D eigenvalue weighted by atomic mass is 19.4. The van der Waals surface area contributed by atoms with Gasteiger partial charge in [-0.2, -0.15) is 13.2 Å². The first-order chi connectivity index (χ1) is 8.30. The summed E-state index contributed by atoms with van der Waals surface area (Å²) in [6.45, 7) is -0.197. The van der Waals surface area contributed by atoms with Crippen LogP contribution in [0.4, 0.5) is 23.2 Å². The molecular formula is C11H9F4NO2. The van der Waals surface area contributed by atoms with Gasteiger partial charge in [0.05, 0.1) is 30.3 Å². The molecule has 1 atom stereocenters. The molecule has 1 unspecified atom stereocenters. The summed E-state index contributed by atoms with van der Waals surface area (Å²) < 4.78 is 51.2. The first-order valence-electron chi connectivity index (χ1n) is 5.15. The number of nitrogens with zero attached hydrogens (tertiary/aromatic N) is 1. The fraction of sp³-hybridized carbons (Fsp3) is 0.364. The fourth-order valence-electron chi connectivity index (χ4n) is 1.87. The predicted octanol–water partition coefficient (Wildman–Crippen LogP) is 1.94. The van der Waals surface area contributed by atoms with E-state index in [9.17, 15) is 27.5 Å². The average Bonchev–Trinajstić information content (AvgIpc) is 2.56. The molecule has 98 valence electrons. The topological polar surface area (TPSA) is 40.5 Å². The van der Waals surface area contributed by atoms with Gasteiger partial charge in [0, 0.05) is 0 Å². The molecule has 1 aliphatic heterocycles. The number of aliphatic hydroxyl groups is 1. The van der Waals surface area contributed by atoms with E-state index in [2.05, 4.69) is 0 Å². The van der Waals surface area contributed by atoms with Crippen molar-refractivity contribution in [2.24, 2.45) is 0 Å². The van der Waals surface area contributed by atoms with Crippen LogP contribution in [0.2, 0.25) is 0 Å². The van der Waals surface area contributed by atoms with Gasteiger partial charge in [-0.1, -0.05) is 6.07 Å². The fourth-order valence-corrected chi connectivity index (χ4v) is 1.87. The van der Waals surface area contributed by atoms with Crippen molar-refractivity contribution in [3.05, 3.63) is 29.6 Å². The Morgan fingerprint density at radius 3 is 2.50 bits per heavy atom. The largest absolute Gasteiger partial charge is 0.419 e. The molecular weight excluding hydrogens is 254 g/mol. The van der Waals surface area contributed by atoms with Gasteiger partial charge in [0.1, 0.15) is 0 Å². The number of hydrogen-bond donors (Lipinski definition) is 1. The molecule has 0 aliphatic carbocycles. The Bertz CT molecular complexity index is 486. The van der Waals surface area contributed by atoms with E-state index in [1.807, 2.05) is 0 Å². The van der Waals surface area contributed by atoms with E-state index in [1.165, 1.54) is 0 Å². The maximum absolute atomic E-state index is 13.7. The smallest absolute Gasteiger partial charge is 0.391 e. The normalized spacial score (nSPS) is 20.6. The van der Waals surface area contributed by atoms with Crippen molar-refractivity contribution < 1.29 is 27.5 Å². The maximum atomic E-state index is 13.7. The molecule has 0 spiro atoms. The van der Waals surface area contributed by atoms with Crippen molar-refractivity contribution in [1.29, 1.82) is 0 Å². The lowest BCUT2D eigenvalue weighted by molar-refractivity contribution is -0.140. The number of carbonyl (C=O) groups is 1. The molecule has 18 heavy (non-hydrogen) atoms. The third kappa shape index (κ3) is 2.17. The van der Waals surface area contributed by atoms with E-state index in [4.69, 9.17) is 0 Å². The number of anilines is 1. The highest BCUT2D eigenvalue weighted by Gasteiger charge is 2.37. The van der Waals surface area contributed by atoms with Crippen LogP contribution in [-0.4, -0.2) is 23.7 Å². The minimum absolute atomic E-state index is 0.197. The first-order valence-corrected chi connectivity index (χ1v) is 5.15. The van der Waals surface area contributed by atoms with Crippen LogP contribution in [0.5, 0.6) is 0 Å². The van der Waals surface area contributed by atoms with Gasteiger partial charge in [0.15, 0.2) is 5.82 Å². The van der Waals surface area contributed by atoms with E-state index >= 15 is 0 Å². The Kier molecular flexibility index (Phi) is 3.02. The minimum atomic E-state index is -4.82. The van der Waals surface area contributed by atoms with Crippen molar-refractivity contribution in [2.75, 3.05) is 11.4 Å². The molecule has 0 aromatic heterocycles. The molecule has 7 heteroatoms. The molecule has 1 saturated heterocycles. The van der Waals surface area contributed by atoms with Crippen molar-refractivity contribution in [1.82, 2.24) is 0 Å². The van der Waals surface area contributed by atoms with E-state index in [-0.39, 0.29) is 13.0 Å². The zero-order valence-electron chi connectivity index (χ0n) is 9.04. The van der Waals surface area contributed by atoms with Gasteiger partial charge in [-0.3, -0.25) is 4.79 Å². The van der Waals surface area contributed by atoms with Crippen LogP contribution in [0.15, 0.2) is 18.2 Å². The molecule has 1 fully saturated rings. The monoisotopic (exact) mass is 263 g/mol. The van der Waals surface area contributed by atoms with Crippen LogP contribution in [-0.2, 0) is 11.0 Å². The van der Waals surface area contributed by atoms with Gasteiger partial charge >= 0.3 is 6.18 Å². The second-order valence-corrected chi connectivity index (χ2v) is 4.00. The van der Waals surface area contributed by atoms with Crippen LogP contribution in [0, 0.1) is 5.82 Å². The molecule has 1 heterocycles. The van der Waals surface area contributed by atoms with Gasteiger partial charge in [0.25, 0.3) is 0 Å². The minimum Gasteiger partial charge on any atom is -0.391 e. The molecule has 1 N–H and O–H groups in total. The van der Waals surface area contributed by atoms with Gasteiger partial charge in [-0.05, 0) is 12.1 Å².